The Labute approximate surface area is 187 Å². The van der Waals surface area contributed by atoms with Gasteiger partial charge in [-0.15, -0.1) is 0 Å². The van der Waals surface area contributed by atoms with Crippen molar-refractivity contribution in [3.63, 3.8) is 0 Å². The first-order valence-electron chi connectivity index (χ1n) is 9.67. The van der Waals surface area contributed by atoms with E-state index in [1.165, 1.54) is 36.4 Å². The topological polar surface area (TPSA) is 106 Å². The van der Waals surface area contributed by atoms with Crippen molar-refractivity contribution >= 4 is 39.7 Å². The summed E-state index contributed by atoms with van der Waals surface area (Å²) in [5.41, 5.74) is 1.20. The van der Waals surface area contributed by atoms with E-state index < -0.39 is 30.1 Å². The van der Waals surface area contributed by atoms with Crippen LogP contribution in [0.3, 0.4) is 0 Å². The molecule has 0 bridgehead atoms. The molecule has 0 aliphatic heterocycles. The van der Waals surface area contributed by atoms with Gasteiger partial charge in [0.1, 0.15) is 29.1 Å². The van der Waals surface area contributed by atoms with Crippen LogP contribution >= 0.6 is 11.6 Å². The Morgan fingerprint density at radius 2 is 1.84 bits per heavy atom. The number of para-hydroxylation sites is 2. The van der Waals surface area contributed by atoms with Crippen molar-refractivity contribution < 1.29 is 24.5 Å². The predicted molar refractivity (Wildman–Crippen MR) is 120 cm³/mol. The van der Waals surface area contributed by atoms with Gasteiger partial charge in [0.15, 0.2) is 0 Å². The molecule has 0 spiro atoms. The van der Waals surface area contributed by atoms with Crippen LogP contribution in [0.15, 0.2) is 66.7 Å². The number of nitrogens with zero attached hydrogens (tertiary/aromatic N) is 1. The van der Waals surface area contributed by atoms with E-state index in [2.05, 4.69) is 9.97 Å². The van der Waals surface area contributed by atoms with Crippen molar-refractivity contribution in [2.45, 2.75) is 6.10 Å². The molecule has 1 aromatic heterocycles. The van der Waals surface area contributed by atoms with Gasteiger partial charge >= 0.3 is 0 Å². The number of Topliss-reactive ketones (excluding diaryl/α,β-unsaturated/α-hetero) is 1. The zero-order chi connectivity index (χ0) is 22.8. The summed E-state index contributed by atoms with van der Waals surface area (Å²) in [6, 6.07) is 16.7. The average molecular weight is 453 g/mol. The van der Waals surface area contributed by atoms with Gasteiger partial charge in [-0.2, -0.15) is 0 Å². The summed E-state index contributed by atoms with van der Waals surface area (Å²) in [6.45, 7) is -0.585. The third kappa shape index (κ3) is 4.01. The number of aromatic nitrogens is 2. The van der Waals surface area contributed by atoms with Crippen LogP contribution in [-0.2, 0) is 0 Å². The van der Waals surface area contributed by atoms with E-state index in [0.717, 1.165) is 6.07 Å². The summed E-state index contributed by atoms with van der Waals surface area (Å²) in [4.78, 5) is 21.0. The number of fused-ring (bicyclic) bond motifs is 1. The van der Waals surface area contributed by atoms with Crippen LogP contribution in [0, 0.1) is 5.82 Å². The average Bonchev–Trinajstić information content (AvgIpc) is 3.22. The number of ketones is 1. The van der Waals surface area contributed by atoms with Crippen molar-refractivity contribution in [2.75, 3.05) is 6.61 Å². The number of rotatable bonds is 6. The predicted octanol–water partition coefficient (Wildman–Crippen LogP) is 4.69. The highest BCUT2D eigenvalue weighted by molar-refractivity contribution is 6.41. The second-order valence-corrected chi connectivity index (χ2v) is 7.45. The van der Waals surface area contributed by atoms with Gasteiger partial charge in [-0.25, -0.2) is 9.37 Å². The number of hydrogen-bond donors (Lipinski definition) is 4. The number of carbonyl (C=O) groups excluding carboxylic acids is 1. The van der Waals surface area contributed by atoms with Gasteiger partial charge in [0, 0.05) is 16.7 Å². The first-order valence-corrected chi connectivity index (χ1v) is 10.0. The number of benzene rings is 3. The Balaban J connectivity index is 1.94. The molecule has 1 atom stereocenters. The normalized spacial score (nSPS) is 13.1. The van der Waals surface area contributed by atoms with E-state index in [0.29, 0.717) is 11.0 Å². The van der Waals surface area contributed by atoms with Gasteiger partial charge < -0.3 is 20.3 Å². The lowest BCUT2D eigenvalue weighted by atomic mass is 9.96. The molecule has 1 heterocycles. The minimum atomic E-state index is -1.29. The minimum absolute atomic E-state index is 0.0184. The Bertz CT molecular complexity index is 1320. The number of H-pyrrole nitrogens is 1. The van der Waals surface area contributed by atoms with Gasteiger partial charge in [-0.05, 0) is 30.3 Å². The maximum absolute atomic E-state index is 13.8. The third-order valence-corrected chi connectivity index (χ3v) is 5.42. The molecule has 0 saturated carbocycles. The van der Waals surface area contributed by atoms with E-state index in [9.17, 15) is 24.5 Å². The van der Waals surface area contributed by atoms with Crippen LogP contribution in [0.2, 0.25) is 5.02 Å². The third-order valence-electron chi connectivity index (χ3n) is 4.99. The zero-order valence-corrected chi connectivity index (χ0v) is 17.3. The number of aromatic amines is 1. The standard InChI is InChI=1S/C24H18ClFN2O4/c25-21-15(19(30)12-29)7-4-8-16(21)23(32)20(22(31)13-5-3-6-14(26)11-13)24-27-17-9-1-2-10-18(17)28-24/h1-11,19,29-31H,12H2,(H,27,28)/t19-/m0/s1. The number of allylic oxidation sites excluding steroid dienone is 1. The zero-order valence-electron chi connectivity index (χ0n) is 16.6. The largest absolute Gasteiger partial charge is 0.506 e. The summed E-state index contributed by atoms with van der Waals surface area (Å²) < 4.78 is 13.8. The lowest BCUT2D eigenvalue weighted by Crippen LogP contribution is -2.11. The molecule has 4 rings (SSSR count). The number of halogens is 2. The van der Waals surface area contributed by atoms with Crippen LogP contribution in [0.25, 0.3) is 22.4 Å². The highest BCUT2D eigenvalue weighted by Gasteiger charge is 2.27. The smallest absolute Gasteiger partial charge is 0.202 e. The molecule has 4 N–H and O–H groups in total. The molecule has 0 aliphatic carbocycles. The fraction of sp³-hybridized carbons (Fsp3) is 0.0833. The number of aliphatic hydroxyl groups excluding tert-OH is 3. The molecule has 0 aliphatic rings. The molecular weight excluding hydrogens is 435 g/mol. The molecule has 0 amide bonds. The first kappa shape index (κ1) is 21.7. The molecule has 0 fully saturated rings. The molecule has 3 aromatic carbocycles. The second kappa shape index (κ2) is 8.92. The van der Waals surface area contributed by atoms with Crippen molar-refractivity contribution in [1.82, 2.24) is 9.97 Å². The number of hydrogen-bond acceptors (Lipinski definition) is 5. The van der Waals surface area contributed by atoms with Crippen molar-refractivity contribution in [3.05, 3.63) is 100 Å². The van der Waals surface area contributed by atoms with Crippen molar-refractivity contribution in [3.8, 4) is 0 Å². The molecule has 0 radical (unpaired) electrons. The van der Waals surface area contributed by atoms with Crippen molar-refractivity contribution in [1.29, 1.82) is 0 Å². The van der Waals surface area contributed by atoms with Crippen molar-refractivity contribution in [2.24, 2.45) is 0 Å². The first-order chi connectivity index (χ1) is 15.4. The lowest BCUT2D eigenvalue weighted by Gasteiger charge is -2.14. The van der Waals surface area contributed by atoms with E-state index in [-0.39, 0.29) is 33.1 Å². The second-order valence-electron chi connectivity index (χ2n) is 7.07. The van der Waals surface area contributed by atoms with E-state index in [1.54, 1.807) is 24.3 Å². The van der Waals surface area contributed by atoms with E-state index in [1.807, 2.05) is 0 Å². The van der Waals surface area contributed by atoms with Gasteiger partial charge in [0.25, 0.3) is 0 Å². The highest BCUT2D eigenvalue weighted by Crippen LogP contribution is 2.33. The number of carbonyl (C=O) groups is 1. The Hall–Kier alpha value is -3.52. The number of nitrogens with one attached hydrogen (secondary N) is 1. The van der Waals surface area contributed by atoms with Crippen LogP contribution in [0.4, 0.5) is 4.39 Å². The van der Waals surface area contributed by atoms with Crippen LogP contribution in [0.5, 0.6) is 0 Å². The number of aliphatic hydroxyl groups is 3. The van der Waals surface area contributed by atoms with E-state index >= 15 is 0 Å². The highest BCUT2D eigenvalue weighted by atomic mass is 35.5. The molecule has 4 aromatic rings. The molecule has 8 heteroatoms. The Kier molecular flexibility index (Phi) is 6.05. The van der Waals surface area contributed by atoms with Gasteiger partial charge in [0.05, 0.1) is 22.7 Å². The van der Waals surface area contributed by atoms with Gasteiger partial charge in [0.2, 0.25) is 5.78 Å². The van der Waals surface area contributed by atoms with Crippen LogP contribution in [-0.4, -0.2) is 37.7 Å². The fourth-order valence-corrected chi connectivity index (χ4v) is 3.73. The Morgan fingerprint density at radius 3 is 2.56 bits per heavy atom. The molecule has 6 nitrogen and oxygen atoms in total. The summed E-state index contributed by atoms with van der Waals surface area (Å²) in [5.74, 6) is -1.70. The SMILES string of the molecule is O=C(C(=C(O)c1cccc(F)c1)c1nc2ccccc2[nH]1)c1cccc([C@@H](O)CO)c1Cl. The summed E-state index contributed by atoms with van der Waals surface area (Å²) >= 11 is 6.38. The molecule has 162 valence electrons. The van der Waals surface area contributed by atoms with Crippen LogP contribution < -0.4 is 0 Å². The quantitative estimate of drug-likeness (QED) is 0.193. The minimum Gasteiger partial charge on any atom is -0.506 e. The van der Waals surface area contributed by atoms with Gasteiger partial charge in [-0.1, -0.05) is 48.0 Å². The molecule has 0 saturated heterocycles. The Morgan fingerprint density at radius 1 is 1.09 bits per heavy atom. The van der Waals surface area contributed by atoms with E-state index in [4.69, 9.17) is 11.6 Å². The summed E-state index contributed by atoms with van der Waals surface area (Å²) in [6.07, 6.45) is -1.29. The molecule has 0 unspecified atom stereocenters. The fourth-order valence-electron chi connectivity index (χ4n) is 3.39. The maximum atomic E-state index is 13.8. The maximum Gasteiger partial charge on any atom is 0.202 e. The molecular formula is C24H18ClFN2O4. The summed E-state index contributed by atoms with van der Waals surface area (Å²) in [7, 11) is 0. The monoisotopic (exact) mass is 452 g/mol. The number of imidazole rings is 1. The van der Waals surface area contributed by atoms with Crippen LogP contribution in [0.1, 0.15) is 33.4 Å². The lowest BCUT2D eigenvalue weighted by molar-refractivity contribution is 0.0954. The molecule has 32 heavy (non-hydrogen) atoms. The van der Waals surface area contributed by atoms with Gasteiger partial charge in [-0.3, -0.25) is 4.79 Å². The summed E-state index contributed by atoms with van der Waals surface area (Å²) in [5, 5.41) is 30.3.